The van der Waals surface area contributed by atoms with Crippen molar-refractivity contribution in [2.45, 2.75) is 19.8 Å². The topological polar surface area (TPSA) is 119 Å². The molecule has 9 nitrogen and oxygen atoms in total. The lowest BCUT2D eigenvalue weighted by molar-refractivity contribution is -0.146. The van der Waals surface area contributed by atoms with Crippen molar-refractivity contribution in [3.63, 3.8) is 0 Å². The summed E-state index contributed by atoms with van der Waals surface area (Å²) in [5, 5.41) is 8.26. The number of methoxy groups -OCH3 is 1. The number of rotatable bonds is 10. The number of imide groups is 1. The average molecular weight is 423 g/mol. The Labute approximate surface area is 171 Å². The number of carbonyl (C=O) groups excluding carboxylic acids is 3. The molecule has 0 spiro atoms. The Kier molecular flexibility index (Phi) is 8.08. The summed E-state index contributed by atoms with van der Waals surface area (Å²) in [7, 11) is 1.39. The van der Waals surface area contributed by atoms with Gasteiger partial charge in [-0.2, -0.15) is 0 Å². The Morgan fingerprint density at radius 1 is 1.28 bits per heavy atom. The number of para-hydroxylation sites is 1. The summed E-state index contributed by atoms with van der Waals surface area (Å²) >= 11 is 0.672. The van der Waals surface area contributed by atoms with E-state index in [-0.39, 0.29) is 23.0 Å². The minimum Gasteiger partial charge on any atom is -0.493 e. The van der Waals surface area contributed by atoms with Crippen LogP contribution in [0.5, 0.6) is 11.5 Å². The van der Waals surface area contributed by atoms with E-state index in [9.17, 15) is 19.2 Å². The molecular formula is C19H21NO8S. The monoisotopic (exact) mass is 423 g/mol. The fourth-order valence-corrected chi connectivity index (χ4v) is 3.21. The zero-order valence-corrected chi connectivity index (χ0v) is 16.8. The first-order valence-electron chi connectivity index (χ1n) is 8.80. The van der Waals surface area contributed by atoms with Crippen LogP contribution < -0.4 is 9.47 Å². The third-order valence-corrected chi connectivity index (χ3v) is 4.68. The van der Waals surface area contributed by atoms with E-state index < -0.39 is 36.2 Å². The molecule has 1 fully saturated rings. The van der Waals surface area contributed by atoms with Gasteiger partial charge in [0.25, 0.3) is 11.1 Å². The first-order chi connectivity index (χ1) is 13.9. The number of amides is 2. The van der Waals surface area contributed by atoms with E-state index in [0.717, 1.165) is 11.3 Å². The number of thioether (sulfide) groups is 1. The van der Waals surface area contributed by atoms with Crippen LogP contribution in [-0.2, 0) is 19.1 Å². The van der Waals surface area contributed by atoms with Gasteiger partial charge in [-0.3, -0.25) is 19.3 Å². The highest BCUT2D eigenvalue weighted by Gasteiger charge is 2.37. The maximum absolute atomic E-state index is 12.6. The van der Waals surface area contributed by atoms with Crippen LogP contribution in [0.1, 0.15) is 25.3 Å². The molecule has 0 saturated carbocycles. The molecule has 2 amide bonds. The summed E-state index contributed by atoms with van der Waals surface area (Å²) in [6, 6.07) is 4.80. The maximum Gasteiger partial charge on any atom is 0.341 e. The summed E-state index contributed by atoms with van der Waals surface area (Å²) in [6.07, 6.45) is 2.94. The van der Waals surface area contributed by atoms with Crippen molar-refractivity contribution in [2.75, 3.05) is 26.9 Å². The highest BCUT2D eigenvalue weighted by Crippen LogP contribution is 2.37. The van der Waals surface area contributed by atoms with Gasteiger partial charge in [0.05, 0.1) is 18.6 Å². The molecule has 29 heavy (non-hydrogen) atoms. The second-order valence-electron chi connectivity index (χ2n) is 5.90. The molecule has 0 aromatic heterocycles. The first-order valence-corrected chi connectivity index (χ1v) is 9.61. The third kappa shape index (κ3) is 5.98. The van der Waals surface area contributed by atoms with E-state index in [0.29, 0.717) is 23.7 Å². The summed E-state index contributed by atoms with van der Waals surface area (Å²) in [5.74, 6) is -2.07. The number of nitrogens with zero attached hydrogens (tertiary/aromatic N) is 1. The number of benzene rings is 1. The fourth-order valence-electron chi connectivity index (χ4n) is 2.38. The van der Waals surface area contributed by atoms with Crippen LogP contribution in [0.2, 0.25) is 0 Å². The minimum absolute atomic E-state index is 0.0739. The van der Waals surface area contributed by atoms with Gasteiger partial charge >= 0.3 is 11.9 Å². The van der Waals surface area contributed by atoms with Crippen molar-refractivity contribution < 1.29 is 38.5 Å². The third-order valence-electron chi connectivity index (χ3n) is 3.78. The van der Waals surface area contributed by atoms with Gasteiger partial charge in [0.2, 0.25) is 0 Å². The van der Waals surface area contributed by atoms with Gasteiger partial charge in [0, 0.05) is 5.56 Å². The van der Waals surface area contributed by atoms with Crippen LogP contribution in [0, 0.1) is 0 Å². The van der Waals surface area contributed by atoms with Gasteiger partial charge in [-0.05, 0) is 30.3 Å². The summed E-state index contributed by atoms with van der Waals surface area (Å²) in [6.45, 7) is 1.11. The van der Waals surface area contributed by atoms with Crippen molar-refractivity contribution in [3.05, 3.63) is 28.7 Å². The maximum atomic E-state index is 12.6. The molecule has 1 N–H and O–H groups in total. The summed E-state index contributed by atoms with van der Waals surface area (Å²) in [4.78, 5) is 48.3. The van der Waals surface area contributed by atoms with Crippen LogP contribution in [-0.4, -0.2) is 60.0 Å². The van der Waals surface area contributed by atoms with E-state index in [2.05, 4.69) is 0 Å². The Bertz CT molecular complexity index is 835. The van der Waals surface area contributed by atoms with Crippen LogP contribution >= 0.6 is 11.8 Å². The minimum atomic E-state index is -1.18. The van der Waals surface area contributed by atoms with Gasteiger partial charge in [-0.25, -0.2) is 4.79 Å². The van der Waals surface area contributed by atoms with E-state index >= 15 is 0 Å². The molecule has 1 aromatic carbocycles. The van der Waals surface area contributed by atoms with Crippen molar-refractivity contribution in [1.82, 2.24) is 4.90 Å². The highest BCUT2D eigenvalue weighted by molar-refractivity contribution is 8.18. The van der Waals surface area contributed by atoms with Crippen molar-refractivity contribution in [1.29, 1.82) is 0 Å². The lowest BCUT2D eigenvalue weighted by Gasteiger charge is -2.13. The van der Waals surface area contributed by atoms with Crippen LogP contribution in [0.25, 0.3) is 6.08 Å². The van der Waals surface area contributed by atoms with Crippen molar-refractivity contribution >= 4 is 40.9 Å². The molecule has 10 heteroatoms. The smallest absolute Gasteiger partial charge is 0.341 e. The van der Waals surface area contributed by atoms with Crippen molar-refractivity contribution in [3.8, 4) is 11.5 Å². The molecule has 0 bridgehead atoms. The van der Waals surface area contributed by atoms with Crippen molar-refractivity contribution in [2.24, 2.45) is 0 Å². The standard InChI is InChI=1S/C19H21NO8S/c1-3-4-8-27-16(23)10-20-18(24)14(29-19(20)25)9-12-6-5-7-13(26-2)17(12)28-11-15(21)22/h5-7,9H,3-4,8,10-11H2,1-2H3,(H,21,22)/b14-9+. The number of hydrogen-bond donors (Lipinski definition) is 1. The molecule has 1 saturated heterocycles. The SMILES string of the molecule is CCCCOC(=O)CN1C(=O)S/C(=C/c2cccc(OC)c2OCC(=O)O)C1=O. The molecule has 2 rings (SSSR count). The Morgan fingerprint density at radius 2 is 2.03 bits per heavy atom. The number of esters is 1. The molecule has 1 heterocycles. The summed E-state index contributed by atoms with van der Waals surface area (Å²) in [5.41, 5.74) is 0.363. The molecule has 1 aromatic rings. The van der Waals surface area contributed by atoms with Crippen LogP contribution in [0.4, 0.5) is 4.79 Å². The van der Waals surface area contributed by atoms with Gasteiger partial charge in [0.15, 0.2) is 18.1 Å². The first kappa shape index (κ1) is 22.3. The van der Waals surface area contributed by atoms with E-state index in [1.165, 1.54) is 13.2 Å². The molecule has 0 radical (unpaired) electrons. The largest absolute Gasteiger partial charge is 0.493 e. The number of aliphatic carboxylic acids is 1. The summed E-state index contributed by atoms with van der Waals surface area (Å²) < 4.78 is 15.4. The zero-order chi connectivity index (χ0) is 21.4. The lowest BCUT2D eigenvalue weighted by atomic mass is 10.1. The molecule has 0 aliphatic carbocycles. The highest BCUT2D eigenvalue weighted by atomic mass is 32.2. The van der Waals surface area contributed by atoms with E-state index in [4.69, 9.17) is 19.3 Å². The Morgan fingerprint density at radius 3 is 2.69 bits per heavy atom. The van der Waals surface area contributed by atoms with Gasteiger partial charge in [-0.1, -0.05) is 25.5 Å². The number of ether oxygens (including phenoxy) is 3. The number of carboxylic acid groups (broad SMARTS) is 1. The molecule has 0 unspecified atom stereocenters. The number of carbonyl (C=O) groups is 4. The molecule has 1 aliphatic heterocycles. The van der Waals surface area contributed by atoms with E-state index in [1.54, 1.807) is 18.2 Å². The van der Waals surface area contributed by atoms with Crippen LogP contribution in [0.15, 0.2) is 23.1 Å². The van der Waals surface area contributed by atoms with Crippen LogP contribution in [0.3, 0.4) is 0 Å². The normalized spacial score (nSPS) is 15.0. The Hall–Kier alpha value is -3.01. The molecule has 0 atom stereocenters. The quantitative estimate of drug-likeness (QED) is 0.344. The van der Waals surface area contributed by atoms with Gasteiger partial charge < -0.3 is 19.3 Å². The molecule has 156 valence electrons. The number of hydrogen-bond acceptors (Lipinski definition) is 8. The number of unbranched alkanes of at least 4 members (excludes halogenated alkanes) is 1. The predicted octanol–water partition coefficient (Wildman–Crippen LogP) is 2.54. The second-order valence-corrected chi connectivity index (χ2v) is 6.90. The van der Waals surface area contributed by atoms with Gasteiger partial charge in [-0.15, -0.1) is 0 Å². The molecular weight excluding hydrogens is 402 g/mol. The zero-order valence-electron chi connectivity index (χ0n) is 16.0. The van der Waals surface area contributed by atoms with E-state index in [1.807, 2.05) is 6.92 Å². The van der Waals surface area contributed by atoms with Gasteiger partial charge in [0.1, 0.15) is 6.54 Å². The lowest BCUT2D eigenvalue weighted by Crippen LogP contribution is -2.34. The average Bonchev–Trinajstić information content (AvgIpc) is 2.94. The molecule has 1 aliphatic rings. The fraction of sp³-hybridized carbons (Fsp3) is 0.368. The second kappa shape index (κ2) is 10.5. The Balaban J connectivity index is 2.20. The number of carboxylic acids is 1. The predicted molar refractivity (Wildman–Crippen MR) is 105 cm³/mol.